The summed E-state index contributed by atoms with van der Waals surface area (Å²) in [4.78, 5) is 11.3. The molecule has 0 saturated heterocycles. The summed E-state index contributed by atoms with van der Waals surface area (Å²) in [6.07, 6.45) is 2.50. The highest BCUT2D eigenvalue weighted by Gasteiger charge is 2.06. The molecule has 0 unspecified atom stereocenters. The van der Waals surface area contributed by atoms with Crippen LogP contribution in [0, 0.1) is 0 Å². The van der Waals surface area contributed by atoms with Crippen molar-refractivity contribution in [2.75, 3.05) is 0 Å². The minimum Gasteiger partial charge on any atom is -0.477 e. The fourth-order valence-electron chi connectivity index (χ4n) is 1.13. The van der Waals surface area contributed by atoms with Gasteiger partial charge in [-0.1, -0.05) is 43.3 Å². The lowest BCUT2D eigenvalue weighted by molar-refractivity contribution is -0.131. The van der Waals surface area contributed by atoms with E-state index in [-0.39, 0.29) is 0 Å². The van der Waals surface area contributed by atoms with E-state index in [1.54, 1.807) is 6.08 Å². The molecule has 15 heavy (non-hydrogen) atoms. The van der Waals surface area contributed by atoms with E-state index in [9.17, 15) is 4.79 Å². The van der Waals surface area contributed by atoms with E-state index in [0.717, 1.165) is 12.0 Å². The van der Waals surface area contributed by atoms with Crippen LogP contribution >= 0.6 is 11.8 Å². The molecular weight excluding hydrogens is 208 g/mol. The van der Waals surface area contributed by atoms with Crippen molar-refractivity contribution < 1.29 is 9.90 Å². The van der Waals surface area contributed by atoms with E-state index in [1.807, 2.05) is 37.3 Å². The van der Waals surface area contributed by atoms with Gasteiger partial charge in [-0.3, -0.25) is 0 Å². The first-order valence-corrected chi connectivity index (χ1v) is 5.82. The van der Waals surface area contributed by atoms with Crippen molar-refractivity contribution in [3.05, 3.63) is 46.9 Å². The van der Waals surface area contributed by atoms with Crippen LogP contribution in [0.3, 0.4) is 0 Å². The first-order valence-electron chi connectivity index (χ1n) is 4.84. The van der Waals surface area contributed by atoms with Gasteiger partial charge in [0.05, 0.1) is 4.91 Å². The maximum absolute atomic E-state index is 10.8. The van der Waals surface area contributed by atoms with Gasteiger partial charge in [0.25, 0.3) is 0 Å². The van der Waals surface area contributed by atoms with E-state index in [4.69, 9.17) is 5.11 Å². The molecule has 1 aromatic rings. The van der Waals surface area contributed by atoms with E-state index >= 15 is 0 Å². The summed E-state index contributed by atoms with van der Waals surface area (Å²) in [6.45, 7) is 1.94. The number of aliphatic carboxylic acids is 1. The highest BCUT2D eigenvalue weighted by molar-refractivity contribution is 8.03. The molecular formula is C12H14O2S. The molecule has 0 saturated carbocycles. The fraction of sp³-hybridized carbons (Fsp3) is 0.250. The van der Waals surface area contributed by atoms with Crippen LogP contribution in [0.25, 0.3) is 0 Å². The molecule has 0 aliphatic carbocycles. The largest absolute Gasteiger partial charge is 0.477 e. The summed E-state index contributed by atoms with van der Waals surface area (Å²) in [6, 6.07) is 9.87. The van der Waals surface area contributed by atoms with Gasteiger partial charge in [-0.2, -0.15) is 0 Å². The molecule has 0 aromatic heterocycles. The molecule has 0 radical (unpaired) electrons. The van der Waals surface area contributed by atoms with Gasteiger partial charge in [-0.05, 0) is 12.0 Å². The quantitative estimate of drug-likeness (QED) is 0.777. The predicted molar refractivity (Wildman–Crippen MR) is 63.7 cm³/mol. The van der Waals surface area contributed by atoms with Gasteiger partial charge in [0.1, 0.15) is 0 Å². The second kappa shape index (κ2) is 6.30. The lowest BCUT2D eigenvalue weighted by Gasteiger charge is -2.02. The number of benzene rings is 1. The van der Waals surface area contributed by atoms with E-state index in [1.165, 1.54) is 11.8 Å². The van der Waals surface area contributed by atoms with Crippen molar-refractivity contribution in [3.8, 4) is 0 Å². The summed E-state index contributed by atoms with van der Waals surface area (Å²) in [5.74, 6) is -0.128. The second-order valence-corrected chi connectivity index (χ2v) is 4.07. The Morgan fingerprint density at radius 1 is 1.40 bits per heavy atom. The molecule has 0 spiro atoms. The highest BCUT2D eigenvalue weighted by Crippen LogP contribution is 2.21. The smallest absolute Gasteiger partial charge is 0.341 e. The zero-order valence-corrected chi connectivity index (χ0v) is 9.46. The van der Waals surface area contributed by atoms with Crippen molar-refractivity contribution >= 4 is 17.7 Å². The maximum atomic E-state index is 10.8. The van der Waals surface area contributed by atoms with Gasteiger partial charge >= 0.3 is 5.97 Å². The van der Waals surface area contributed by atoms with Gasteiger partial charge in [-0.25, -0.2) is 4.79 Å². The van der Waals surface area contributed by atoms with Crippen molar-refractivity contribution in [1.82, 2.24) is 0 Å². The molecule has 0 aliphatic rings. The number of hydrogen-bond donors (Lipinski definition) is 1. The first-order chi connectivity index (χ1) is 7.24. The topological polar surface area (TPSA) is 37.3 Å². The lowest BCUT2D eigenvalue weighted by Crippen LogP contribution is -1.97. The summed E-state index contributed by atoms with van der Waals surface area (Å²) in [7, 11) is 0. The second-order valence-electron chi connectivity index (χ2n) is 3.06. The van der Waals surface area contributed by atoms with Crippen LogP contribution in [0.1, 0.15) is 18.9 Å². The molecule has 2 nitrogen and oxygen atoms in total. The lowest BCUT2D eigenvalue weighted by atomic mass is 10.2. The van der Waals surface area contributed by atoms with Gasteiger partial charge in [0.15, 0.2) is 0 Å². The van der Waals surface area contributed by atoms with Gasteiger partial charge in [0, 0.05) is 5.75 Å². The average Bonchev–Trinajstić information content (AvgIpc) is 2.25. The number of allylic oxidation sites excluding steroid dienone is 1. The molecule has 80 valence electrons. The summed E-state index contributed by atoms with van der Waals surface area (Å²) < 4.78 is 0. The van der Waals surface area contributed by atoms with Gasteiger partial charge < -0.3 is 5.11 Å². The Morgan fingerprint density at radius 3 is 2.60 bits per heavy atom. The van der Waals surface area contributed by atoms with E-state index in [2.05, 4.69) is 0 Å². The minimum atomic E-state index is -0.835. The highest BCUT2D eigenvalue weighted by atomic mass is 32.2. The third-order valence-electron chi connectivity index (χ3n) is 1.84. The first kappa shape index (κ1) is 11.9. The van der Waals surface area contributed by atoms with E-state index in [0.29, 0.717) is 10.7 Å². The van der Waals surface area contributed by atoms with Crippen molar-refractivity contribution in [3.63, 3.8) is 0 Å². The Morgan fingerprint density at radius 2 is 2.07 bits per heavy atom. The number of rotatable bonds is 5. The molecule has 0 aliphatic heterocycles. The van der Waals surface area contributed by atoms with Crippen molar-refractivity contribution in [2.24, 2.45) is 0 Å². The van der Waals surface area contributed by atoms with Crippen LogP contribution in [0.15, 0.2) is 41.3 Å². The summed E-state index contributed by atoms with van der Waals surface area (Å²) in [5.41, 5.74) is 1.14. The number of hydrogen-bond acceptors (Lipinski definition) is 2. The van der Waals surface area contributed by atoms with E-state index < -0.39 is 5.97 Å². The molecule has 1 N–H and O–H groups in total. The van der Waals surface area contributed by atoms with Crippen LogP contribution in [0.2, 0.25) is 0 Å². The van der Waals surface area contributed by atoms with Crippen LogP contribution in [-0.4, -0.2) is 11.1 Å². The molecule has 3 heteroatoms. The molecule has 0 heterocycles. The zero-order valence-electron chi connectivity index (χ0n) is 8.64. The molecule has 0 bridgehead atoms. The minimum absolute atomic E-state index is 0.432. The molecule has 1 rings (SSSR count). The molecule has 0 amide bonds. The summed E-state index contributed by atoms with van der Waals surface area (Å²) >= 11 is 1.37. The SMILES string of the molecule is CC/C=C(/SCc1ccccc1)C(=O)O. The Bertz CT molecular complexity index is 344. The standard InChI is InChI=1S/C12H14O2S/c1-2-6-11(12(13)14)15-9-10-7-4-3-5-8-10/h3-8H,2,9H2,1H3,(H,13,14)/b11-6+. The number of carboxylic acids is 1. The number of carbonyl (C=O) groups is 1. The van der Waals surface area contributed by atoms with Crippen LogP contribution < -0.4 is 0 Å². The average molecular weight is 222 g/mol. The number of thioether (sulfide) groups is 1. The molecule has 1 aromatic carbocycles. The molecule has 0 atom stereocenters. The Balaban J connectivity index is 2.55. The van der Waals surface area contributed by atoms with Crippen molar-refractivity contribution in [1.29, 1.82) is 0 Å². The monoisotopic (exact) mass is 222 g/mol. The van der Waals surface area contributed by atoms with Crippen LogP contribution in [0.5, 0.6) is 0 Å². The Labute approximate surface area is 94.0 Å². The van der Waals surface area contributed by atoms with Crippen LogP contribution in [-0.2, 0) is 10.5 Å². The Hall–Kier alpha value is -1.22. The van der Waals surface area contributed by atoms with Crippen LogP contribution in [0.4, 0.5) is 0 Å². The third-order valence-corrected chi connectivity index (χ3v) is 2.97. The normalized spacial score (nSPS) is 11.4. The Kier molecular flexibility index (Phi) is 4.98. The number of carboxylic acid groups (broad SMARTS) is 1. The van der Waals surface area contributed by atoms with Gasteiger partial charge in [0.2, 0.25) is 0 Å². The third kappa shape index (κ3) is 4.21. The maximum Gasteiger partial charge on any atom is 0.341 e. The molecule has 0 fully saturated rings. The zero-order chi connectivity index (χ0) is 11.1. The predicted octanol–water partition coefficient (Wildman–Crippen LogP) is 3.30. The van der Waals surface area contributed by atoms with Crippen molar-refractivity contribution in [2.45, 2.75) is 19.1 Å². The fourth-order valence-corrected chi connectivity index (χ4v) is 2.05. The van der Waals surface area contributed by atoms with Gasteiger partial charge in [-0.15, -0.1) is 11.8 Å². The summed E-state index contributed by atoms with van der Waals surface area (Å²) in [5, 5.41) is 8.89.